The number of aryl methyl sites for hydroxylation is 1. The van der Waals surface area contributed by atoms with Crippen molar-refractivity contribution < 1.29 is 13.5 Å². The summed E-state index contributed by atoms with van der Waals surface area (Å²) in [5.41, 5.74) is 0.0947. The maximum Gasteiger partial charge on any atom is 0.187 e. The first-order valence-electron chi connectivity index (χ1n) is 9.53. The molecule has 0 saturated heterocycles. The van der Waals surface area contributed by atoms with Gasteiger partial charge in [0, 0.05) is 5.92 Å². The summed E-state index contributed by atoms with van der Waals surface area (Å²) < 4.78 is 26.2. The van der Waals surface area contributed by atoms with Crippen LogP contribution in [-0.2, 0) is 16.3 Å². The fraction of sp³-hybridized carbons (Fsp3) is 0.391. The highest BCUT2D eigenvalue weighted by molar-refractivity contribution is 7.93. The lowest BCUT2D eigenvalue weighted by Crippen LogP contribution is -2.56. The topological polar surface area (TPSA) is 54.4 Å². The van der Waals surface area contributed by atoms with E-state index in [0.717, 1.165) is 12.0 Å². The summed E-state index contributed by atoms with van der Waals surface area (Å²) in [5.74, 6) is -0.415. The summed E-state index contributed by atoms with van der Waals surface area (Å²) in [4.78, 5) is 0.298. The van der Waals surface area contributed by atoms with E-state index >= 15 is 0 Å². The van der Waals surface area contributed by atoms with E-state index in [1.807, 2.05) is 36.4 Å². The highest BCUT2D eigenvalue weighted by Crippen LogP contribution is 2.50. The molecular weight excluding hydrogens is 356 g/mol. The summed E-state index contributed by atoms with van der Waals surface area (Å²) in [6, 6.07) is 18.6. The second-order valence-electron chi connectivity index (χ2n) is 7.76. The summed E-state index contributed by atoms with van der Waals surface area (Å²) in [5, 5.41) is 11.2. The predicted octanol–water partition coefficient (Wildman–Crippen LogP) is 4.57. The fourth-order valence-corrected chi connectivity index (χ4v) is 6.94. The Morgan fingerprint density at radius 3 is 2.26 bits per heavy atom. The van der Waals surface area contributed by atoms with Gasteiger partial charge in [0.1, 0.15) is 4.75 Å². The third-order valence-corrected chi connectivity index (χ3v) is 8.60. The molecule has 1 saturated carbocycles. The first-order valence-corrected chi connectivity index (χ1v) is 11.0. The maximum absolute atomic E-state index is 13.7. The standard InChI is InChI=1S/C23H28O3S/c1-3-23(27(25,26)20-13-8-5-9-14-20)18-10-17-22(2,24)21(23)16-15-19-11-6-4-7-12-19/h3-9,11-14,21,24H,1,10,15-18H2,2H3/t21-,22+,23-/m1/s1. The van der Waals surface area contributed by atoms with E-state index in [-0.39, 0.29) is 0 Å². The fourth-order valence-electron chi connectivity index (χ4n) is 4.60. The number of hydrogen-bond donors (Lipinski definition) is 1. The Morgan fingerprint density at radius 2 is 1.67 bits per heavy atom. The molecule has 1 N–H and O–H groups in total. The van der Waals surface area contributed by atoms with Gasteiger partial charge < -0.3 is 5.11 Å². The van der Waals surface area contributed by atoms with E-state index in [1.165, 1.54) is 0 Å². The van der Waals surface area contributed by atoms with Crippen LogP contribution in [0.15, 0.2) is 78.2 Å². The van der Waals surface area contributed by atoms with Gasteiger partial charge in [-0.2, -0.15) is 0 Å². The molecule has 1 aliphatic carbocycles. The molecule has 2 aromatic carbocycles. The van der Waals surface area contributed by atoms with Crippen LogP contribution in [0.1, 0.15) is 38.2 Å². The van der Waals surface area contributed by atoms with Crippen LogP contribution in [-0.4, -0.2) is 23.9 Å². The number of hydrogen-bond acceptors (Lipinski definition) is 3. The van der Waals surface area contributed by atoms with Crippen molar-refractivity contribution in [3.05, 3.63) is 78.9 Å². The van der Waals surface area contributed by atoms with Gasteiger partial charge in [-0.3, -0.25) is 0 Å². The molecule has 0 radical (unpaired) electrons. The monoisotopic (exact) mass is 384 g/mol. The molecule has 0 aliphatic heterocycles. The van der Waals surface area contributed by atoms with Crippen LogP contribution >= 0.6 is 0 Å². The van der Waals surface area contributed by atoms with Gasteiger partial charge in [0.05, 0.1) is 10.5 Å². The van der Waals surface area contributed by atoms with Crippen molar-refractivity contribution >= 4 is 9.84 Å². The molecule has 0 bridgehead atoms. The molecule has 27 heavy (non-hydrogen) atoms. The van der Waals surface area contributed by atoms with Crippen molar-refractivity contribution in [1.82, 2.24) is 0 Å². The van der Waals surface area contributed by atoms with Crippen LogP contribution in [0.3, 0.4) is 0 Å². The molecule has 2 aromatic rings. The van der Waals surface area contributed by atoms with Gasteiger partial charge in [0.15, 0.2) is 9.84 Å². The maximum atomic E-state index is 13.7. The average molecular weight is 385 g/mol. The van der Waals surface area contributed by atoms with Gasteiger partial charge in [-0.15, -0.1) is 6.58 Å². The van der Waals surface area contributed by atoms with Crippen LogP contribution < -0.4 is 0 Å². The van der Waals surface area contributed by atoms with Crippen molar-refractivity contribution in [2.45, 2.75) is 54.3 Å². The summed E-state index contributed by atoms with van der Waals surface area (Å²) in [6.45, 7) is 5.71. The third kappa shape index (κ3) is 3.61. The summed E-state index contributed by atoms with van der Waals surface area (Å²) in [6.07, 6.45) is 4.65. The first-order chi connectivity index (χ1) is 12.8. The van der Waals surface area contributed by atoms with Crippen molar-refractivity contribution in [3.63, 3.8) is 0 Å². The second-order valence-corrected chi connectivity index (χ2v) is 10.0. The lowest BCUT2D eigenvalue weighted by atomic mass is 9.67. The van der Waals surface area contributed by atoms with Crippen LogP contribution in [0.25, 0.3) is 0 Å². The van der Waals surface area contributed by atoms with Gasteiger partial charge in [-0.05, 0) is 56.7 Å². The van der Waals surface area contributed by atoms with Crippen LogP contribution in [0.2, 0.25) is 0 Å². The number of aliphatic hydroxyl groups is 1. The average Bonchev–Trinajstić information content (AvgIpc) is 2.67. The van der Waals surface area contributed by atoms with Gasteiger partial charge in [-0.25, -0.2) is 8.42 Å². The largest absolute Gasteiger partial charge is 0.390 e. The minimum absolute atomic E-state index is 0.298. The zero-order valence-electron chi connectivity index (χ0n) is 15.8. The van der Waals surface area contributed by atoms with E-state index in [0.29, 0.717) is 30.6 Å². The Labute approximate surface area is 162 Å². The SMILES string of the molecule is C=C[C@@]1(S(=O)(=O)c2ccccc2)CCC[C@](C)(O)[C@H]1CCc1ccccc1. The Morgan fingerprint density at radius 1 is 1.07 bits per heavy atom. The number of rotatable bonds is 6. The first kappa shape index (κ1) is 19.8. The highest BCUT2D eigenvalue weighted by Gasteiger charge is 2.56. The zero-order chi connectivity index (χ0) is 19.5. The van der Waals surface area contributed by atoms with Crippen molar-refractivity contribution in [3.8, 4) is 0 Å². The van der Waals surface area contributed by atoms with Gasteiger partial charge in [-0.1, -0.05) is 54.6 Å². The molecule has 4 heteroatoms. The molecular formula is C23H28O3S. The summed E-state index contributed by atoms with van der Waals surface area (Å²) in [7, 11) is -3.68. The number of sulfone groups is 1. The molecule has 0 unspecified atom stereocenters. The Hall–Kier alpha value is -1.91. The van der Waals surface area contributed by atoms with Crippen LogP contribution in [0, 0.1) is 5.92 Å². The van der Waals surface area contributed by atoms with Gasteiger partial charge >= 0.3 is 0 Å². The second kappa shape index (κ2) is 7.61. The van der Waals surface area contributed by atoms with Crippen LogP contribution in [0.5, 0.6) is 0 Å². The molecule has 0 spiro atoms. The third-order valence-electron chi connectivity index (χ3n) is 6.05. The van der Waals surface area contributed by atoms with E-state index in [2.05, 4.69) is 6.58 Å². The molecule has 1 fully saturated rings. The van der Waals surface area contributed by atoms with Gasteiger partial charge in [0.2, 0.25) is 0 Å². The Bertz CT molecular complexity index is 872. The van der Waals surface area contributed by atoms with E-state index in [9.17, 15) is 13.5 Å². The molecule has 3 atom stereocenters. The quantitative estimate of drug-likeness (QED) is 0.742. The molecule has 144 valence electrons. The lowest BCUT2D eigenvalue weighted by Gasteiger charge is -2.49. The molecule has 0 aromatic heterocycles. The highest BCUT2D eigenvalue weighted by atomic mass is 32.2. The minimum atomic E-state index is -3.68. The van der Waals surface area contributed by atoms with Crippen molar-refractivity contribution in [2.24, 2.45) is 5.92 Å². The number of benzene rings is 2. The van der Waals surface area contributed by atoms with E-state index < -0.39 is 26.1 Å². The summed E-state index contributed by atoms with van der Waals surface area (Å²) >= 11 is 0. The van der Waals surface area contributed by atoms with E-state index in [4.69, 9.17) is 0 Å². The normalized spacial score (nSPS) is 28.6. The van der Waals surface area contributed by atoms with Gasteiger partial charge in [0.25, 0.3) is 0 Å². The Balaban J connectivity index is 2.03. The van der Waals surface area contributed by atoms with Crippen molar-refractivity contribution in [2.75, 3.05) is 0 Å². The Kier molecular flexibility index (Phi) is 5.59. The van der Waals surface area contributed by atoms with Crippen molar-refractivity contribution in [1.29, 1.82) is 0 Å². The molecule has 1 aliphatic rings. The molecule has 0 heterocycles. The molecule has 3 rings (SSSR count). The van der Waals surface area contributed by atoms with Crippen LogP contribution in [0.4, 0.5) is 0 Å². The zero-order valence-corrected chi connectivity index (χ0v) is 16.7. The smallest absolute Gasteiger partial charge is 0.187 e. The van der Waals surface area contributed by atoms with E-state index in [1.54, 1.807) is 37.3 Å². The molecule has 3 nitrogen and oxygen atoms in total. The lowest BCUT2D eigenvalue weighted by molar-refractivity contribution is -0.0453. The molecule has 0 amide bonds. The minimum Gasteiger partial charge on any atom is -0.390 e. The predicted molar refractivity (Wildman–Crippen MR) is 109 cm³/mol.